The Balaban J connectivity index is 1.15. The third kappa shape index (κ3) is 7.98. The van der Waals surface area contributed by atoms with Crippen LogP contribution in [0.25, 0.3) is 136 Å². The third-order valence-corrected chi connectivity index (χ3v) is 13.2. The van der Waals surface area contributed by atoms with E-state index in [1.807, 2.05) is 97.6 Å². The highest BCUT2D eigenvalue weighted by molar-refractivity contribution is 6.01. The fourth-order valence-electron chi connectivity index (χ4n) is 9.89. The van der Waals surface area contributed by atoms with Gasteiger partial charge in [0.25, 0.3) is 0 Å². The number of nitrogens with zero attached hydrogens (tertiary/aromatic N) is 6. The molecule has 11 aromatic rings. The van der Waals surface area contributed by atoms with Crippen molar-refractivity contribution < 1.29 is 0 Å². The van der Waals surface area contributed by atoms with Crippen LogP contribution in [0.4, 0.5) is 0 Å². The Labute approximate surface area is 415 Å². The van der Waals surface area contributed by atoms with E-state index in [-0.39, 0.29) is 0 Å². The molecule has 72 heavy (non-hydrogen) atoms. The van der Waals surface area contributed by atoms with E-state index in [2.05, 4.69) is 156 Å². The zero-order chi connectivity index (χ0) is 47.8. The van der Waals surface area contributed by atoms with Gasteiger partial charge in [0.2, 0.25) is 0 Å². The van der Waals surface area contributed by atoms with Crippen molar-refractivity contribution in [3.05, 3.63) is 242 Å². The number of rotatable bonds is 8. The van der Waals surface area contributed by atoms with E-state index in [0.717, 1.165) is 134 Å². The van der Waals surface area contributed by atoms with Gasteiger partial charge in [-0.05, 0) is 144 Å². The fraction of sp³-hybridized carbons (Fsp3) is 0. The van der Waals surface area contributed by atoms with Crippen LogP contribution in [-0.2, 0) is 0 Å². The third-order valence-electron chi connectivity index (χ3n) is 13.2. The molecule has 2 aliphatic heterocycles. The Kier molecular flexibility index (Phi) is 10.7. The van der Waals surface area contributed by atoms with Crippen molar-refractivity contribution in [1.29, 1.82) is 0 Å². The minimum Gasteiger partial charge on any atom is -0.354 e. The number of pyridine rings is 4. The lowest BCUT2D eigenvalue weighted by atomic mass is 9.99. The summed E-state index contributed by atoms with van der Waals surface area (Å²) in [6, 6.07) is 66.9. The summed E-state index contributed by atoms with van der Waals surface area (Å²) in [4.78, 5) is 37.9. The Bertz CT molecular complexity index is 3560. The van der Waals surface area contributed by atoms with Gasteiger partial charge < -0.3 is 9.97 Å². The molecule has 0 fully saturated rings. The molecule has 9 heterocycles. The summed E-state index contributed by atoms with van der Waals surface area (Å²) >= 11 is 0. The van der Waals surface area contributed by atoms with E-state index >= 15 is 0 Å². The van der Waals surface area contributed by atoms with Gasteiger partial charge in [-0.3, -0.25) is 19.9 Å². The molecular weight excluding hydrogens is 881 g/mol. The van der Waals surface area contributed by atoms with Crippen molar-refractivity contribution >= 4 is 46.4 Å². The highest BCUT2D eigenvalue weighted by Crippen LogP contribution is 2.40. The molecule has 0 unspecified atom stereocenters. The topological polar surface area (TPSA) is 109 Å². The highest BCUT2D eigenvalue weighted by atomic mass is 14.8. The molecule has 0 saturated carbocycles. The lowest BCUT2D eigenvalue weighted by molar-refractivity contribution is 1.30. The van der Waals surface area contributed by atoms with Gasteiger partial charge >= 0.3 is 0 Å². The van der Waals surface area contributed by atoms with E-state index in [9.17, 15) is 0 Å². The lowest BCUT2D eigenvalue weighted by Gasteiger charge is -2.09. The summed E-state index contributed by atoms with van der Waals surface area (Å²) in [7, 11) is 0. The van der Waals surface area contributed by atoms with Crippen LogP contribution in [0.15, 0.2) is 219 Å². The van der Waals surface area contributed by atoms with Gasteiger partial charge in [0.15, 0.2) is 0 Å². The maximum absolute atomic E-state index is 5.60. The molecule has 2 N–H and O–H groups in total. The van der Waals surface area contributed by atoms with Crippen LogP contribution < -0.4 is 0 Å². The molecule has 4 aromatic carbocycles. The van der Waals surface area contributed by atoms with Crippen LogP contribution in [0, 0.1) is 0 Å². The zero-order valence-corrected chi connectivity index (χ0v) is 38.8. The summed E-state index contributed by atoms with van der Waals surface area (Å²) in [5, 5.41) is 0. The average molecular weight is 923 g/mol. The molecule has 0 atom stereocenters. The van der Waals surface area contributed by atoms with E-state index in [1.165, 1.54) is 0 Å². The second-order valence-corrected chi connectivity index (χ2v) is 17.7. The monoisotopic (exact) mass is 922 g/mol. The molecule has 0 radical (unpaired) electrons. The van der Waals surface area contributed by atoms with Gasteiger partial charge in [-0.1, -0.05) is 97.1 Å². The van der Waals surface area contributed by atoms with Gasteiger partial charge in [0, 0.05) is 91.4 Å². The zero-order valence-electron chi connectivity index (χ0n) is 38.8. The van der Waals surface area contributed by atoms with E-state index in [1.54, 1.807) is 0 Å². The molecule has 0 saturated heterocycles. The van der Waals surface area contributed by atoms with Crippen LogP contribution in [0.1, 0.15) is 22.8 Å². The maximum atomic E-state index is 5.60. The number of hydrogen-bond donors (Lipinski definition) is 2. The Morgan fingerprint density at radius 3 is 0.722 bits per heavy atom. The standard InChI is InChI=1S/C64H42N8/c1-5-33-65-49(21-1)41-13-9-17-45(37-41)61-53-25-27-55(69-53)62(46-18-10-14-42(38-46)50-22-2-6-34-66-50)57-29-31-59(71-57)64(48-20-12-16-44(40-48)52-24-4-8-36-68-52)60-32-30-58(72-60)63(56-28-26-54(61)70-56)47-19-11-15-43(39-47)51-23-3-7-35-67-51/h1-40,69,72H. The number of hydrogen-bond acceptors (Lipinski definition) is 6. The van der Waals surface area contributed by atoms with Crippen LogP contribution >= 0.6 is 0 Å². The molecular formula is C64H42N8. The summed E-state index contributed by atoms with van der Waals surface area (Å²) in [6.07, 6.45) is 15.9. The predicted molar refractivity (Wildman–Crippen MR) is 294 cm³/mol. The maximum Gasteiger partial charge on any atom is 0.0737 e. The first-order valence-electron chi connectivity index (χ1n) is 23.9. The summed E-state index contributed by atoms with van der Waals surface area (Å²) in [5.74, 6) is 0. The summed E-state index contributed by atoms with van der Waals surface area (Å²) in [5.41, 5.74) is 22.3. The molecule has 8 nitrogen and oxygen atoms in total. The molecule has 8 heteroatoms. The minimum absolute atomic E-state index is 0.819. The lowest BCUT2D eigenvalue weighted by Crippen LogP contribution is -1.91. The van der Waals surface area contributed by atoms with Crippen molar-refractivity contribution in [3.63, 3.8) is 0 Å². The smallest absolute Gasteiger partial charge is 0.0737 e. The van der Waals surface area contributed by atoms with Crippen molar-refractivity contribution in [2.75, 3.05) is 0 Å². The number of fused-ring (bicyclic) bond motifs is 8. The SMILES string of the molecule is C1=Cc2nc1c(-c1cccc(-c3ccccn3)c1)c1ccc([nH]1)c(-c1cccc(-c3ccccn3)c1)c1nc(c(-c3cccc(-c4ccccn4)c3)c3ccc([nH]3)c2-c2cccc(-c3ccccn3)c2)C=C1. The van der Waals surface area contributed by atoms with Gasteiger partial charge in [0.1, 0.15) is 0 Å². The molecule has 13 rings (SSSR count). The second kappa shape index (κ2) is 18.2. The van der Waals surface area contributed by atoms with Gasteiger partial charge in [-0.15, -0.1) is 0 Å². The van der Waals surface area contributed by atoms with Crippen LogP contribution in [0.5, 0.6) is 0 Å². The number of aromatic amines is 2. The number of aromatic nitrogens is 8. The Hall–Kier alpha value is -9.92. The number of H-pyrrole nitrogens is 2. The fourth-order valence-corrected chi connectivity index (χ4v) is 9.89. The van der Waals surface area contributed by atoms with Crippen molar-refractivity contribution in [2.24, 2.45) is 0 Å². The van der Waals surface area contributed by atoms with Gasteiger partial charge in [0.05, 0.1) is 45.6 Å². The first-order chi connectivity index (χ1) is 35.7. The average Bonchev–Trinajstić information content (AvgIpc) is 4.31. The highest BCUT2D eigenvalue weighted by Gasteiger charge is 2.20. The van der Waals surface area contributed by atoms with E-state index in [4.69, 9.17) is 29.9 Å². The predicted octanol–water partition coefficient (Wildman–Crippen LogP) is 15.6. The largest absolute Gasteiger partial charge is 0.354 e. The first-order valence-corrected chi connectivity index (χ1v) is 23.9. The van der Waals surface area contributed by atoms with E-state index < -0.39 is 0 Å². The molecule has 0 aliphatic carbocycles. The Morgan fingerprint density at radius 1 is 0.236 bits per heavy atom. The van der Waals surface area contributed by atoms with Crippen molar-refractivity contribution in [3.8, 4) is 89.5 Å². The number of benzene rings is 4. The van der Waals surface area contributed by atoms with Gasteiger partial charge in [-0.25, -0.2) is 9.97 Å². The second-order valence-electron chi connectivity index (χ2n) is 17.7. The quantitative estimate of drug-likeness (QED) is 0.157. The van der Waals surface area contributed by atoms with Crippen LogP contribution in [0.2, 0.25) is 0 Å². The molecule has 7 aromatic heterocycles. The summed E-state index contributed by atoms with van der Waals surface area (Å²) in [6.45, 7) is 0. The van der Waals surface area contributed by atoms with Gasteiger partial charge in [-0.2, -0.15) is 0 Å². The minimum atomic E-state index is 0.819. The molecule has 0 amide bonds. The first kappa shape index (κ1) is 42.2. The molecule has 338 valence electrons. The van der Waals surface area contributed by atoms with Crippen LogP contribution in [-0.4, -0.2) is 39.9 Å². The molecule has 0 spiro atoms. The Morgan fingerprint density at radius 2 is 0.486 bits per heavy atom. The van der Waals surface area contributed by atoms with Crippen molar-refractivity contribution in [2.45, 2.75) is 0 Å². The normalized spacial score (nSPS) is 11.8. The van der Waals surface area contributed by atoms with Crippen LogP contribution in [0.3, 0.4) is 0 Å². The van der Waals surface area contributed by atoms with Crippen molar-refractivity contribution in [1.82, 2.24) is 39.9 Å². The molecule has 2 aliphatic rings. The molecule has 8 bridgehead atoms. The number of nitrogens with one attached hydrogen (secondary N) is 2. The summed E-state index contributed by atoms with van der Waals surface area (Å²) < 4.78 is 0. The van der Waals surface area contributed by atoms with E-state index in [0.29, 0.717) is 0 Å².